The average molecular weight is 279 g/mol. The monoisotopic (exact) mass is 279 g/mol. The molecular weight excluding hydrogens is 257 g/mol. The van der Waals surface area contributed by atoms with Gasteiger partial charge in [0.15, 0.2) is 0 Å². The van der Waals surface area contributed by atoms with Gasteiger partial charge in [-0.05, 0) is 56.3 Å². The van der Waals surface area contributed by atoms with Crippen LogP contribution in [0.25, 0.3) is 0 Å². The van der Waals surface area contributed by atoms with Crippen molar-refractivity contribution in [3.8, 4) is 0 Å². The maximum absolute atomic E-state index is 13.6. The summed E-state index contributed by atoms with van der Waals surface area (Å²) in [5.41, 5.74) is 0.774. The third-order valence-electron chi connectivity index (χ3n) is 4.23. The number of halogens is 1. The van der Waals surface area contributed by atoms with Gasteiger partial charge >= 0.3 is 5.97 Å². The van der Waals surface area contributed by atoms with Gasteiger partial charge in [0.05, 0.1) is 0 Å². The number of carboxylic acid groups (broad SMARTS) is 1. The zero-order valence-corrected chi connectivity index (χ0v) is 11.9. The molecule has 110 valence electrons. The van der Waals surface area contributed by atoms with E-state index in [1.54, 1.807) is 6.07 Å². The molecule has 1 unspecified atom stereocenters. The van der Waals surface area contributed by atoms with Crippen molar-refractivity contribution in [3.63, 3.8) is 0 Å². The third kappa shape index (κ3) is 3.57. The topological polar surface area (TPSA) is 40.5 Å². The number of piperidine rings is 1. The Morgan fingerprint density at radius 2 is 2.05 bits per heavy atom. The molecule has 0 amide bonds. The van der Waals surface area contributed by atoms with Crippen molar-refractivity contribution in [2.24, 2.45) is 5.92 Å². The Morgan fingerprint density at radius 1 is 1.40 bits per heavy atom. The number of hydrogen-bond acceptors (Lipinski definition) is 2. The van der Waals surface area contributed by atoms with Crippen molar-refractivity contribution in [2.45, 2.75) is 38.6 Å². The second-order valence-corrected chi connectivity index (χ2v) is 5.54. The molecule has 1 aliphatic heterocycles. The molecule has 0 bridgehead atoms. The van der Waals surface area contributed by atoms with Gasteiger partial charge in [-0.1, -0.05) is 25.1 Å². The van der Waals surface area contributed by atoms with E-state index in [1.807, 2.05) is 24.0 Å². The number of aliphatic carboxylic acids is 1. The lowest BCUT2D eigenvalue weighted by atomic mass is 9.89. The molecule has 3 nitrogen and oxygen atoms in total. The standard InChI is InChI=1S/C16H22FNO2/c1-2-15(16(19)20)18-9-7-12(8-10-18)11-13-5-3-4-6-14(13)17/h3-6,12,15H,2,7-11H2,1H3,(H,19,20). The number of hydrogen-bond donors (Lipinski definition) is 1. The number of carboxylic acids is 1. The molecule has 1 atom stereocenters. The summed E-state index contributed by atoms with van der Waals surface area (Å²) in [5.74, 6) is -0.415. The first-order chi connectivity index (χ1) is 9.61. The van der Waals surface area contributed by atoms with E-state index in [2.05, 4.69) is 0 Å². The van der Waals surface area contributed by atoms with Crippen LogP contribution in [0.5, 0.6) is 0 Å². The minimum Gasteiger partial charge on any atom is -0.480 e. The van der Waals surface area contributed by atoms with Gasteiger partial charge in [-0.15, -0.1) is 0 Å². The molecule has 4 heteroatoms. The van der Waals surface area contributed by atoms with Gasteiger partial charge in [0.1, 0.15) is 11.9 Å². The second-order valence-electron chi connectivity index (χ2n) is 5.54. The highest BCUT2D eigenvalue weighted by molar-refractivity contribution is 5.73. The van der Waals surface area contributed by atoms with E-state index in [0.29, 0.717) is 12.3 Å². The van der Waals surface area contributed by atoms with E-state index in [1.165, 1.54) is 6.07 Å². The van der Waals surface area contributed by atoms with Gasteiger partial charge < -0.3 is 5.11 Å². The smallest absolute Gasteiger partial charge is 0.320 e. The Kier molecular flexibility index (Phi) is 5.12. The van der Waals surface area contributed by atoms with Crippen molar-refractivity contribution < 1.29 is 14.3 Å². The van der Waals surface area contributed by atoms with Crippen molar-refractivity contribution in [1.29, 1.82) is 0 Å². The van der Waals surface area contributed by atoms with Crippen LogP contribution in [0.2, 0.25) is 0 Å². The predicted octanol–water partition coefficient (Wildman–Crippen LogP) is 2.94. The fourth-order valence-electron chi connectivity index (χ4n) is 3.03. The van der Waals surface area contributed by atoms with Crippen LogP contribution in [-0.2, 0) is 11.2 Å². The summed E-state index contributed by atoms with van der Waals surface area (Å²) in [5, 5.41) is 9.17. The third-order valence-corrected chi connectivity index (χ3v) is 4.23. The maximum atomic E-state index is 13.6. The van der Waals surface area contributed by atoms with Crippen LogP contribution in [0.1, 0.15) is 31.7 Å². The summed E-state index contributed by atoms with van der Waals surface area (Å²) in [6, 6.07) is 6.55. The molecule has 2 rings (SSSR count). The van der Waals surface area contributed by atoms with Crippen molar-refractivity contribution in [1.82, 2.24) is 4.90 Å². The van der Waals surface area contributed by atoms with Gasteiger partial charge in [0, 0.05) is 0 Å². The summed E-state index contributed by atoms with van der Waals surface area (Å²) in [6.07, 6.45) is 3.27. The molecule has 1 saturated heterocycles. The van der Waals surface area contributed by atoms with Crippen LogP contribution in [0.3, 0.4) is 0 Å². The Balaban J connectivity index is 1.88. The lowest BCUT2D eigenvalue weighted by Gasteiger charge is -2.35. The quantitative estimate of drug-likeness (QED) is 0.901. The summed E-state index contributed by atoms with van der Waals surface area (Å²) in [4.78, 5) is 13.2. The van der Waals surface area contributed by atoms with Crippen molar-refractivity contribution in [3.05, 3.63) is 35.6 Å². The Morgan fingerprint density at radius 3 is 2.60 bits per heavy atom. The fraction of sp³-hybridized carbons (Fsp3) is 0.562. The molecule has 0 saturated carbocycles. The highest BCUT2D eigenvalue weighted by atomic mass is 19.1. The first-order valence-electron chi connectivity index (χ1n) is 7.32. The SMILES string of the molecule is CCC(C(=O)O)N1CCC(Cc2ccccc2F)CC1. The average Bonchev–Trinajstić information content (AvgIpc) is 2.43. The van der Waals surface area contributed by atoms with Crippen LogP contribution in [0, 0.1) is 11.7 Å². The van der Waals surface area contributed by atoms with Gasteiger partial charge in [-0.25, -0.2) is 4.39 Å². The molecule has 0 aromatic heterocycles. The van der Waals surface area contributed by atoms with Crippen LogP contribution in [0.15, 0.2) is 24.3 Å². The Hall–Kier alpha value is -1.42. The fourth-order valence-corrected chi connectivity index (χ4v) is 3.03. The molecule has 0 aliphatic carbocycles. The van der Waals surface area contributed by atoms with Gasteiger partial charge in [-0.2, -0.15) is 0 Å². The summed E-state index contributed by atoms with van der Waals surface area (Å²) in [6.45, 7) is 3.50. The molecule has 0 spiro atoms. The van der Waals surface area contributed by atoms with Crippen LogP contribution >= 0.6 is 0 Å². The van der Waals surface area contributed by atoms with Gasteiger partial charge in [0.25, 0.3) is 0 Å². The van der Waals surface area contributed by atoms with Crippen LogP contribution < -0.4 is 0 Å². The van der Waals surface area contributed by atoms with E-state index in [4.69, 9.17) is 0 Å². The Labute approximate surface area is 119 Å². The molecular formula is C16H22FNO2. The zero-order chi connectivity index (χ0) is 14.5. The van der Waals surface area contributed by atoms with Crippen molar-refractivity contribution >= 4 is 5.97 Å². The lowest BCUT2D eigenvalue weighted by molar-refractivity contribution is -0.144. The number of carbonyl (C=O) groups is 1. The summed E-state index contributed by atoms with van der Waals surface area (Å²) >= 11 is 0. The minimum atomic E-state index is -0.736. The minimum absolute atomic E-state index is 0.132. The largest absolute Gasteiger partial charge is 0.480 e. The van der Waals surface area contributed by atoms with Crippen molar-refractivity contribution in [2.75, 3.05) is 13.1 Å². The van der Waals surface area contributed by atoms with E-state index < -0.39 is 5.97 Å². The number of benzene rings is 1. The molecule has 1 aromatic rings. The van der Waals surface area contributed by atoms with Gasteiger partial charge in [0.2, 0.25) is 0 Å². The molecule has 1 fully saturated rings. The van der Waals surface area contributed by atoms with E-state index in [0.717, 1.165) is 37.9 Å². The highest BCUT2D eigenvalue weighted by Gasteiger charge is 2.28. The maximum Gasteiger partial charge on any atom is 0.320 e. The first kappa shape index (κ1) is 15.0. The molecule has 1 aromatic carbocycles. The summed E-state index contributed by atoms with van der Waals surface area (Å²) < 4.78 is 13.6. The predicted molar refractivity (Wildman–Crippen MR) is 76.1 cm³/mol. The Bertz CT molecular complexity index is 456. The van der Waals surface area contributed by atoms with Crippen LogP contribution in [0.4, 0.5) is 4.39 Å². The number of rotatable bonds is 5. The van der Waals surface area contributed by atoms with Gasteiger partial charge in [-0.3, -0.25) is 9.69 Å². The second kappa shape index (κ2) is 6.84. The molecule has 0 radical (unpaired) electrons. The normalized spacial score (nSPS) is 18.9. The molecule has 1 aliphatic rings. The molecule has 20 heavy (non-hydrogen) atoms. The summed E-state index contributed by atoms with van der Waals surface area (Å²) in [7, 11) is 0. The molecule has 1 N–H and O–H groups in total. The highest BCUT2D eigenvalue weighted by Crippen LogP contribution is 2.24. The number of likely N-dealkylation sites (tertiary alicyclic amines) is 1. The van der Waals surface area contributed by atoms with E-state index >= 15 is 0 Å². The first-order valence-corrected chi connectivity index (χ1v) is 7.32. The number of nitrogens with zero attached hydrogens (tertiary/aromatic N) is 1. The van der Waals surface area contributed by atoms with E-state index in [9.17, 15) is 14.3 Å². The molecule has 1 heterocycles. The zero-order valence-electron chi connectivity index (χ0n) is 11.9. The lowest BCUT2D eigenvalue weighted by Crippen LogP contribution is -2.45. The van der Waals surface area contributed by atoms with E-state index in [-0.39, 0.29) is 11.9 Å². The van der Waals surface area contributed by atoms with Crippen LogP contribution in [-0.4, -0.2) is 35.1 Å².